The molecule has 94 valence electrons. The zero-order valence-electron chi connectivity index (χ0n) is 10.7. The summed E-state index contributed by atoms with van der Waals surface area (Å²) in [7, 11) is 0. The third-order valence-electron chi connectivity index (χ3n) is 3.04. The van der Waals surface area contributed by atoms with Gasteiger partial charge in [0.25, 0.3) is 0 Å². The maximum atomic E-state index is 5.84. The summed E-state index contributed by atoms with van der Waals surface area (Å²) >= 11 is 5.84. The molecule has 0 aliphatic carbocycles. The van der Waals surface area contributed by atoms with Crippen LogP contribution in [0, 0.1) is 6.92 Å². The van der Waals surface area contributed by atoms with Gasteiger partial charge >= 0.3 is 0 Å². The number of rotatable bonds is 4. The summed E-state index contributed by atoms with van der Waals surface area (Å²) in [6, 6.07) is 12.4. The molecule has 1 unspecified atom stereocenters. The Bertz CT molecular complexity index is 511. The minimum absolute atomic E-state index is 0.460. The van der Waals surface area contributed by atoms with Crippen molar-refractivity contribution in [3.8, 4) is 0 Å². The number of benzene rings is 1. The van der Waals surface area contributed by atoms with Gasteiger partial charge in [-0.3, -0.25) is 0 Å². The van der Waals surface area contributed by atoms with E-state index in [1.54, 1.807) is 6.20 Å². The number of halogens is 1. The molecule has 1 atom stereocenters. The molecule has 18 heavy (non-hydrogen) atoms. The molecule has 0 fully saturated rings. The Morgan fingerprint density at radius 2 is 2.00 bits per heavy atom. The highest BCUT2D eigenvalue weighted by Gasteiger charge is 2.06. The molecule has 0 amide bonds. The van der Waals surface area contributed by atoms with E-state index in [2.05, 4.69) is 41.5 Å². The van der Waals surface area contributed by atoms with E-state index in [4.69, 9.17) is 11.6 Å². The smallest absolute Gasteiger partial charge is 0.129 e. The van der Waals surface area contributed by atoms with Crippen LogP contribution < -0.4 is 5.32 Å². The van der Waals surface area contributed by atoms with Gasteiger partial charge in [0.15, 0.2) is 0 Å². The summed E-state index contributed by atoms with van der Waals surface area (Å²) in [6.45, 7) is 5.12. The lowest BCUT2D eigenvalue weighted by Crippen LogP contribution is -2.10. The number of hydrogen-bond acceptors (Lipinski definition) is 2. The molecule has 3 heteroatoms. The van der Waals surface area contributed by atoms with Crippen molar-refractivity contribution in [2.45, 2.75) is 19.8 Å². The van der Waals surface area contributed by atoms with Gasteiger partial charge in [0.05, 0.1) is 11.9 Å². The molecule has 1 N–H and O–H groups in total. The van der Waals surface area contributed by atoms with Crippen molar-refractivity contribution in [2.75, 3.05) is 11.9 Å². The third kappa shape index (κ3) is 3.23. The molecule has 0 radical (unpaired) electrons. The first kappa shape index (κ1) is 12.9. The molecule has 1 aromatic carbocycles. The number of nitrogens with one attached hydrogen (secondary N) is 1. The number of aromatic nitrogens is 1. The molecule has 2 nitrogen and oxygen atoms in total. The molecular formula is C15H17ClN2. The van der Waals surface area contributed by atoms with E-state index >= 15 is 0 Å². The zero-order chi connectivity index (χ0) is 13.0. The summed E-state index contributed by atoms with van der Waals surface area (Å²) < 4.78 is 0. The number of hydrogen-bond donors (Lipinski definition) is 1. The number of anilines is 1. The van der Waals surface area contributed by atoms with Crippen molar-refractivity contribution >= 4 is 17.3 Å². The molecule has 2 aromatic rings. The maximum absolute atomic E-state index is 5.84. The monoisotopic (exact) mass is 260 g/mol. The first-order chi connectivity index (χ1) is 8.66. The molecule has 0 spiro atoms. The maximum Gasteiger partial charge on any atom is 0.129 e. The van der Waals surface area contributed by atoms with Gasteiger partial charge < -0.3 is 5.32 Å². The van der Waals surface area contributed by atoms with Crippen LogP contribution >= 0.6 is 11.6 Å². The predicted molar refractivity (Wildman–Crippen MR) is 77.3 cm³/mol. The molecule has 0 bridgehead atoms. The Morgan fingerprint density at radius 1 is 1.28 bits per heavy atom. The van der Waals surface area contributed by atoms with Gasteiger partial charge in [-0.05, 0) is 30.0 Å². The summed E-state index contributed by atoms with van der Waals surface area (Å²) in [4.78, 5) is 4.09. The minimum Gasteiger partial charge on any atom is -0.383 e. The van der Waals surface area contributed by atoms with E-state index in [1.807, 2.05) is 19.1 Å². The van der Waals surface area contributed by atoms with Gasteiger partial charge in [-0.2, -0.15) is 0 Å². The second-order valence-corrected chi connectivity index (χ2v) is 4.90. The molecule has 0 saturated carbocycles. The lowest BCUT2D eigenvalue weighted by Gasteiger charge is -2.15. The van der Waals surface area contributed by atoms with Crippen LogP contribution in [0.25, 0.3) is 0 Å². The van der Waals surface area contributed by atoms with Gasteiger partial charge in [0.1, 0.15) is 5.15 Å². The van der Waals surface area contributed by atoms with Gasteiger partial charge in [-0.1, -0.05) is 48.9 Å². The third-order valence-corrected chi connectivity index (χ3v) is 3.25. The van der Waals surface area contributed by atoms with Gasteiger partial charge in [0.2, 0.25) is 0 Å². The summed E-state index contributed by atoms with van der Waals surface area (Å²) in [6.07, 6.45) is 1.79. The fraction of sp³-hybridized carbons (Fsp3) is 0.267. The van der Waals surface area contributed by atoms with Crippen LogP contribution in [0.4, 0.5) is 5.69 Å². The normalized spacial score (nSPS) is 12.2. The van der Waals surface area contributed by atoms with E-state index < -0.39 is 0 Å². The summed E-state index contributed by atoms with van der Waals surface area (Å²) in [5.41, 5.74) is 3.50. The zero-order valence-corrected chi connectivity index (χ0v) is 11.4. The molecule has 1 heterocycles. The van der Waals surface area contributed by atoms with E-state index in [0.717, 1.165) is 17.8 Å². The van der Waals surface area contributed by atoms with E-state index in [9.17, 15) is 0 Å². The second-order valence-electron chi connectivity index (χ2n) is 4.51. The number of aryl methyl sites for hydroxylation is 1. The van der Waals surface area contributed by atoms with E-state index in [0.29, 0.717) is 11.1 Å². The Hall–Kier alpha value is -1.54. The molecular weight excluding hydrogens is 244 g/mol. The number of pyridine rings is 1. The van der Waals surface area contributed by atoms with Crippen LogP contribution in [0.2, 0.25) is 5.15 Å². The fourth-order valence-corrected chi connectivity index (χ4v) is 2.08. The SMILES string of the molecule is Cc1cc(Cl)ncc1NCC(C)c1ccccc1. The van der Waals surface area contributed by atoms with Crippen molar-refractivity contribution < 1.29 is 0 Å². The van der Waals surface area contributed by atoms with Crippen LogP contribution in [0.3, 0.4) is 0 Å². The van der Waals surface area contributed by atoms with Crippen molar-refractivity contribution in [3.05, 3.63) is 58.9 Å². The summed E-state index contributed by atoms with van der Waals surface area (Å²) in [5.74, 6) is 0.460. The van der Waals surface area contributed by atoms with Crippen LogP contribution in [0.15, 0.2) is 42.6 Å². The first-order valence-corrected chi connectivity index (χ1v) is 6.45. The van der Waals surface area contributed by atoms with Crippen molar-refractivity contribution in [3.63, 3.8) is 0 Å². The molecule has 0 aliphatic rings. The topological polar surface area (TPSA) is 24.9 Å². The van der Waals surface area contributed by atoms with Crippen molar-refractivity contribution in [2.24, 2.45) is 0 Å². The Labute approximate surface area is 113 Å². The number of nitrogens with zero attached hydrogens (tertiary/aromatic N) is 1. The van der Waals surface area contributed by atoms with Crippen LogP contribution in [-0.2, 0) is 0 Å². The lowest BCUT2D eigenvalue weighted by molar-refractivity contribution is 0.803. The Morgan fingerprint density at radius 3 is 2.67 bits per heavy atom. The molecule has 1 aromatic heterocycles. The van der Waals surface area contributed by atoms with Crippen molar-refractivity contribution in [1.82, 2.24) is 4.98 Å². The predicted octanol–water partition coefficient (Wildman–Crippen LogP) is 4.26. The van der Waals surface area contributed by atoms with Crippen LogP contribution in [0.1, 0.15) is 24.0 Å². The van der Waals surface area contributed by atoms with Gasteiger partial charge in [0, 0.05) is 6.54 Å². The van der Waals surface area contributed by atoms with Gasteiger partial charge in [-0.25, -0.2) is 4.98 Å². The summed E-state index contributed by atoms with van der Waals surface area (Å²) in [5, 5.41) is 3.95. The molecule has 2 rings (SSSR count). The highest BCUT2D eigenvalue weighted by Crippen LogP contribution is 2.19. The second kappa shape index (κ2) is 5.87. The van der Waals surface area contributed by atoms with Crippen molar-refractivity contribution in [1.29, 1.82) is 0 Å². The average Bonchev–Trinajstić information content (AvgIpc) is 2.38. The van der Waals surface area contributed by atoms with Gasteiger partial charge in [-0.15, -0.1) is 0 Å². The average molecular weight is 261 g/mol. The highest BCUT2D eigenvalue weighted by molar-refractivity contribution is 6.29. The lowest BCUT2D eigenvalue weighted by atomic mass is 10.0. The largest absolute Gasteiger partial charge is 0.383 e. The minimum atomic E-state index is 0.460. The van der Waals surface area contributed by atoms with Crippen LogP contribution in [0.5, 0.6) is 0 Å². The molecule has 0 saturated heterocycles. The van der Waals surface area contributed by atoms with E-state index in [-0.39, 0.29) is 0 Å². The van der Waals surface area contributed by atoms with Crippen LogP contribution in [-0.4, -0.2) is 11.5 Å². The highest BCUT2D eigenvalue weighted by atomic mass is 35.5. The fourth-order valence-electron chi connectivity index (χ4n) is 1.87. The Balaban J connectivity index is 1.99. The quantitative estimate of drug-likeness (QED) is 0.831. The first-order valence-electron chi connectivity index (χ1n) is 6.08. The Kier molecular flexibility index (Phi) is 4.21. The molecule has 0 aliphatic heterocycles. The van der Waals surface area contributed by atoms with E-state index in [1.165, 1.54) is 5.56 Å². The standard InChI is InChI=1S/C15H17ClN2/c1-11-8-15(16)18-10-14(11)17-9-12(2)13-6-4-3-5-7-13/h3-8,10,12,17H,9H2,1-2H3.